The van der Waals surface area contributed by atoms with Gasteiger partial charge in [-0.3, -0.25) is 14.4 Å². The van der Waals surface area contributed by atoms with Crippen LogP contribution in [0.2, 0.25) is 5.02 Å². The number of ether oxygens (including phenoxy) is 1. The number of hydrogen-bond acceptors (Lipinski definition) is 7. The van der Waals surface area contributed by atoms with Crippen LogP contribution >= 0.6 is 22.9 Å². The molecular formula is C20H21ClN4O4S2. The van der Waals surface area contributed by atoms with Gasteiger partial charge in [0.15, 0.2) is 0 Å². The Bertz CT molecular complexity index is 1200. The molecule has 0 spiro atoms. The lowest BCUT2D eigenvalue weighted by molar-refractivity contribution is -0.116. The summed E-state index contributed by atoms with van der Waals surface area (Å²) >= 11 is 7.24. The second-order valence-corrected chi connectivity index (χ2v) is 10.1. The first kappa shape index (κ1) is 23.0. The Balaban J connectivity index is 1.83. The van der Waals surface area contributed by atoms with Gasteiger partial charge in [-0.15, -0.1) is 10.2 Å². The number of carbonyl (C=O) groups is 1. The molecule has 11 heteroatoms. The molecule has 0 saturated carbocycles. The van der Waals surface area contributed by atoms with Gasteiger partial charge in [0.1, 0.15) is 16.8 Å². The summed E-state index contributed by atoms with van der Waals surface area (Å²) in [6, 6.07) is 11.1. The number of nitrogens with zero attached hydrogens (tertiary/aromatic N) is 3. The van der Waals surface area contributed by atoms with Crippen LogP contribution in [0.25, 0.3) is 10.6 Å². The number of hydrogen-bond donors (Lipinski definition) is 1. The Morgan fingerprint density at radius 2 is 1.87 bits per heavy atom. The van der Waals surface area contributed by atoms with Crippen molar-refractivity contribution in [1.82, 2.24) is 10.2 Å². The van der Waals surface area contributed by atoms with Crippen molar-refractivity contribution in [2.45, 2.75) is 19.9 Å². The Morgan fingerprint density at radius 1 is 1.19 bits per heavy atom. The predicted octanol–water partition coefficient (Wildman–Crippen LogP) is 3.97. The molecule has 3 rings (SSSR count). The predicted molar refractivity (Wildman–Crippen MR) is 124 cm³/mol. The molecule has 0 fully saturated rings. The average Bonchev–Trinajstić information content (AvgIpc) is 3.18. The summed E-state index contributed by atoms with van der Waals surface area (Å²) in [7, 11) is -2.19. The van der Waals surface area contributed by atoms with Crippen molar-refractivity contribution < 1.29 is 17.9 Å². The van der Waals surface area contributed by atoms with Crippen molar-refractivity contribution in [1.29, 1.82) is 0 Å². The zero-order chi connectivity index (χ0) is 22.8. The maximum Gasteiger partial charge on any atom is 0.249 e. The second-order valence-electron chi connectivity index (χ2n) is 6.80. The molecule has 0 unspecified atom stereocenters. The molecule has 1 N–H and O–H groups in total. The zero-order valence-electron chi connectivity index (χ0n) is 17.3. The quantitative estimate of drug-likeness (QED) is 0.549. The molecule has 0 aliphatic heterocycles. The van der Waals surface area contributed by atoms with E-state index in [0.717, 1.165) is 16.1 Å². The van der Waals surface area contributed by atoms with Crippen molar-refractivity contribution in [2.75, 3.05) is 23.0 Å². The standard InChI is InChI=1S/C20H21ClN4O4S2/c1-12-5-8-15(21)11-17(12)25(31(4,27)28)13(2)18(26)22-20-24-23-19(30-20)14-6-9-16(29-3)10-7-14/h5-11,13H,1-4H3,(H,22,24,26)/t13-/m0/s1. The van der Waals surface area contributed by atoms with Gasteiger partial charge in [-0.1, -0.05) is 29.0 Å². The van der Waals surface area contributed by atoms with Gasteiger partial charge in [-0.05, 0) is 55.8 Å². The number of aromatic nitrogens is 2. The van der Waals surface area contributed by atoms with E-state index in [0.29, 0.717) is 27.0 Å². The minimum atomic E-state index is -3.77. The number of sulfonamides is 1. The Labute approximate surface area is 189 Å². The third-order valence-electron chi connectivity index (χ3n) is 4.49. The van der Waals surface area contributed by atoms with Crippen LogP contribution in [0, 0.1) is 6.92 Å². The summed E-state index contributed by atoms with van der Waals surface area (Å²) in [5.41, 5.74) is 1.83. The van der Waals surface area contributed by atoms with E-state index >= 15 is 0 Å². The summed E-state index contributed by atoms with van der Waals surface area (Å²) in [6.45, 7) is 3.25. The number of anilines is 2. The number of benzene rings is 2. The van der Waals surface area contributed by atoms with Crippen LogP contribution in [-0.2, 0) is 14.8 Å². The summed E-state index contributed by atoms with van der Waals surface area (Å²) in [5.74, 6) is 0.176. The van der Waals surface area contributed by atoms with Crippen LogP contribution in [0.3, 0.4) is 0 Å². The van der Waals surface area contributed by atoms with Crippen molar-refractivity contribution >= 4 is 49.7 Å². The highest BCUT2D eigenvalue weighted by molar-refractivity contribution is 7.92. The minimum absolute atomic E-state index is 0.263. The fraction of sp³-hybridized carbons (Fsp3) is 0.250. The fourth-order valence-electron chi connectivity index (χ4n) is 2.93. The van der Waals surface area contributed by atoms with E-state index in [9.17, 15) is 13.2 Å². The number of carbonyl (C=O) groups excluding carboxylic acids is 1. The van der Waals surface area contributed by atoms with Gasteiger partial charge in [-0.2, -0.15) is 0 Å². The van der Waals surface area contributed by atoms with Gasteiger partial charge in [0.05, 0.1) is 19.1 Å². The third-order valence-corrected chi connectivity index (χ3v) is 6.84. The van der Waals surface area contributed by atoms with E-state index < -0.39 is 22.0 Å². The van der Waals surface area contributed by atoms with Crippen LogP contribution in [0.5, 0.6) is 5.75 Å². The SMILES string of the molecule is COc1ccc(-c2nnc(NC(=O)[C@H](C)N(c3cc(Cl)ccc3C)S(C)(=O)=O)s2)cc1. The Morgan fingerprint density at radius 3 is 2.48 bits per heavy atom. The van der Waals surface area contributed by atoms with Gasteiger partial charge in [0.2, 0.25) is 21.1 Å². The topological polar surface area (TPSA) is 101 Å². The molecule has 1 atom stereocenters. The molecule has 8 nitrogen and oxygen atoms in total. The smallest absolute Gasteiger partial charge is 0.249 e. The monoisotopic (exact) mass is 480 g/mol. The van der Waals surface area contributed by atoms with Gasteiger partial charge in [0, 0.05) is 10.6 Å². The normalized spacial score (nSPS) is 12.3. The first-order valence-electron chi connectivity index (χ1n) is 9.14. The Kier molecular flexibility index (Phi) is 6.83. The van der Waals surface area contributed by atoms with Gasteiger partial charge < -0.3 is 4.74 Å². The van der Waals surface area contributed by atoms with Gasteiger partial charge in [0.25, 0.3) is 0 Å². The van der Waals surface area contributed by atoms with E-state index in [1.165, 1.54) is 24.3 Å². The van der Waals surface area contributed by atoms with Gasteiger partial charge in [-0.25, -0.2) is 8.42 Å². The molecular weight excluding hydrogens is 460 g/mol. The molecule has 0 bridgehead atoms. The Hall–Kier alpha value is -2.69. The molecule has 1 amide bonds. The van der Waals surface area contributed by atoms with Crippen LogP contribution in [-0.4, -0.2) is 43.9 Å². The number of aryl methyl sites for hydroxylation is 1. The van der Waals surface area contributed by atoms with Crippen molar-refractivity contribution in [3.05, 3.63) is 53.1 Å². The molecule has 0 aliphatic rings. The summed E-state index contributed by atoms with van der Waals surface area (Å²) < 4.78 is 31.2. The highest BCUT2D eigenvalue weighted by Crippen LogP contribution is 2.30. The molecule has 31 heavy (non-hydrogen) atoms. The van der Waals surface area contributed by atoms with Crippen molar-refractivity contribution in [3.8, 4) is 16.3 Å². The van der Waals surface area contributed by atoms with Crippen molar-refractivity contribution in [3.63, 3.8) is 0 Å². The van der Waals surface area contributed by atoms with Crippen molar-refractivity contribution in [2.24, 2.45) is 0 Å². The van der Waals surface area contributed by atoms with E-state index in [-0.39, 0.29) is 5.13 Å². The third kappa shape index (κ3) is 5.33. The lowest BCUT2D eigenvalue weighted by atomic mass is 10.2. The van der Waals surface area contributed by atoms with E-state index in [4.69, 9.17) is 16.3 Å². The summed E-state index contributed by atoms with van der Waals surface area (Å²) in [4.78, 5) is 12.9. The van der Waals surface area contributed by atoms with E-state index in [2.05, 4.69) is 15.5 Å². The fourth-order valence-corrected chi connectivity index (χ4v) is 5.08. The average molecular weight is 481 g/mol. The molecule has 164 valence electrons. The molecule has 0 radical (unpaired) electrons. The molecule has 1 heterocycles. The number of methoxy groups -OCH3 is 1. The molecule has 0 aliphatic carbocycles. The number of rotatable bonds is 7. The molecule has 0 saturated heterocycles. The zero-order valence-corrected chi connectivity index (χ0v) is 19.7. The molecule has 1 aromatic heterocycles. The largest absolute Gasteiger partial charge is 0.497 e. The van der Waals surface area contributed by atoms with Gasteiger partial charge >= 0.3 is 0 Å². The first-order chi connectivity index (χ1) is 14.6. The molecule has 2 aromatic carbocycles. The van der Waals surface area contributed by atoms with Crippen LogP contribution in [0.4, 0.5) is 10.8 Å². The summed E-state index contributed by atoms with van der Waals surface area (Å²) in [5, 5.41) is 12.0. The maximum absolute atomic E-state index is 12.9. The second kappa shape index (κ2) is 9.21. The number of halogens is 1. The highest BCUT2D eigenvalue weighted by Gasteiger charge is 2.31. The number of nitrogens with one attached hydrogen (secondary N) is 1. The van der Waals surface area contributed by atoms with Crippen LogP contribution < -0.4 is 14.4 Å². The summed E-state index contributed by atoms with van der Waals surface area (Å²) in [6.07, 6.45) is 1.05. The molecule has 3 aromatic rings. The van der Waals surface area contributed by atoms with E-state index in [1.54, 1.807) is 38.3 Å². The minimum Gasteiger partial charge on any atom is -0.497 e. The lowest BCUT2D eigenvalue weighted by Crippen LogP contribution is -2.45. The highest BCUT2D eigenvalue weighted by atomic mass is 35.5. The maximum atomic E-state index is 12.9. The number of amides is 1. The lowest BCUT2D eigenvalue weighted by Gasteiger charge is -2.29. The van der Waals surface area contributed by atoms with Crippen LogP contribution in [0.1, 0.15) is 12.5 Å². The van der Waals surface area contributed by atoms with Crippen LogP contribution in [0.15, 0.2) is 42.5 Å². The first-order valence-corrected chi connectivity index (χ1v) is 12.2. The van der Waals surface area contributed by atoms with E-state index in [1.807, 2.05) is 12.1 Å².